The molecular formula is C14H12N8. The Labute approximate surface area is 125 Å². The molecule has 2 aromatic heterocycles. The number of pyridine rings is 1. The van der Waals surface area contributed by atoms with Gasteiger partial charge in [-0.25, -0.2) is 0 Å². The van der Waals surface area contributed by atoms with Crippen LogP contribution >= 0.6 is 0 Å². The third kappa shape index (κ3) is 2.17. The van der Waals surface area contributed by atoms with E-state index in [2.05, 4.69) is 35.6 Å². The van der Waals surface area contributed by atoms with E-state index >= 15 is 0 Å². The second-order valence-corrected chi connectivity index (χ2v) is 4.67. The zero-order valence-corrected chi connectivity index (χ0v) is 11.7. The SMILES string of the molecule is Cc1cccc(C(N=[N+]=[N-])(c2ccccc2)c2nn[nH]n2)n1. The summed E-state index contributed by atoms with van der Waals surface area (Å²) in [6.07, 6.45) is 0. The van der Waals surface area contributed by atoms with Crippen LogP contribution in [0.1, 0.15) is 22.8 Å². The van der Waals surface area contributed by atoms with Crippen LogP contribution in [0.25, 0.3) is 10.4 Å². The normalized spacial score (nSPS) is 13.1. The lowest BCUT2D eigenvalue weighted by Gasteiger charge is -2.25. The van der Waals surface area contributed by atoms with Crippen LogP contribution in [0.4, 0.5) is 0 Å². The Morgan fingerprint density at radius 2 is 1.95 bits per heavy atom. The molecule has 2 heterocycles. The van der Waals surface area contributed by atoms with E-state index in [1.807, 2.05) is 49.4 Å². The quantitative estimate of drug-likeness (QED) is 0.451. The van der Waals surface area contributed by atoms with E-state index in [1.54, 1.807) is 6.07 Å². The standard InChI is InChI=1S/C14H12N8/c1-10-6-5-9-12(16-10)14(19-20-15,13-17-21-22-18-13)11-7-3-2-4-8-11/h2-9H,1H3,(H,17,18,21,22). The van der Waals surface area contributed by atoms with Gasteiger partial charge in [0.1, 0.15) is 0 Å². The molecule has 0 bridgehead atoms. The van der Waals surface area contributed by atoms with Gasteiger partial charge in [-0.1, -0.05) is 46.7 Å². The van der Waals surface area contributed by atoms with E-state index in [0.717, 1.165) is 5.69 Å². The fourth-order valence-corrected chi connectivity index (χ4v) is 2.35. The summed E-state index contributed by atoms with van der Waals surface area (Å²) in [5.74, 6) is 0.245. The molecule has 0 spiro atoms. The molecule has 0 aliphatic carbocycles. The average molecular weight is 292 g/mol. The van der Waals surface area contributed by atoms with E-state index in [1.165, 1.54) is 0 Å². The minimum atomic E-state index is -1.27. The van der Waals surface area contributed by atoms with Gasteiger partial charge in [0.25, 0.3) is 0 Å². The van der Waals surface area contributed by atoms with Crippen molar-refractivity contribution in [3.63, 3.8) is 0 Å². The van der Waals surface area contributed by atoms with Crippen molar-refractivity contribution in [3.05, 3.63) is 81.7 Å². The highest BCUT2D eigenvalue weighted by molar-refractivity contribution is 5.42. The predicted molar refractivity (Wildman–Crippen MR) is 78.6 cm³/mol. The summed E-state index contributed by atoms with van der Waals surface area (Å²) < 4.78 is 0. The number of H-pyrrole nitrogens is 1. The van der Waals surface area contributed by atoms with Crippen molar-refractivity contribution in [3.8, 4) is 0 Å². The molecule has 0 aliphatic rings. The van der Waals surface area contributed by atoms with Crippen molar-refractivity contribution >= 4 is 0 Å². The van der Waals surface area contributed by atoms with Crippen LogP contribution in [-0.4, -0.2) is 25.6 Å². The molecule has 0 fully saturated rings. The molecule has 3 rings (SSSR count). The van der Waals surface area contributed by atoms with Crippen LogP contribution in [-0.2, 0) is 5.54 Å². The van der Waals surface area contributed by atoms with Crippen LogP contribution in [0.2, 0.25) is 0 Å². The zero-order chi connectivity index (χ0) is 15.4. The Hall–Kier alpha value is -3.25. The minimum Gasteiger partial charge on any atom is -0.257 e. The van der Waals surface area contributed by atoms with Gasteiger partial charge in [0.2, 0.25) is 0 Å². The molecule has 0 saturated carbocycles. The molecule has 0 radical (unpaired) electrons. The first-order valence-electron chi connectivity index (χ1n) is 6.57. The van der Waals surface area contributed by atoms with E-state index in [9.17, 15) is 0 Å². The zero-order valence-electron chi connectivity index (χ0n) is 11.7. The summed E-state index contributed by atoms with van der Waals surface area (Å²) >= 11 is 0. The summed E-state index contributed by atoms with van der Waals surface area (Å²) in [6, 6.07) is 14.8. The van der Waals surface area contributed by atoms with Crippen molar-refractivity contribution in [1.82, 2.24) is 25.6 Å². The Morgan fingerprint density at radius 3 is 2.59 bits per heavy atom. The molecule has 0 aliphatic heterocycles. The number of azide groups is 1. The number of tetrazole rings is 1. The van der Waals surface area contributed by atoms with Gasteiger partial charge in [-0.2, -0.15) is 5.21 Å². The molecule has 0 amide bonds. The minimum absolute atomic E-state index is 0.245. The van der Waals surface area contributed by atoms with Gasteiger partial charge in [-0.3, -0.25) is 4.98 Å². The highest BCUT2D eigenvalue weighted by atomic mass is 15.5. The number of aromatic nitrogens is 5. The Balaban J connectivity index is 2.37. The van der Waals surface area contributed by atoms with E-state index in [4.69, 9.17) is 5.53 Å². The average Bonchev–Trinajstić information content (AvgIpc) is 3.08. The summed E-state index contributed by atoms with van der Waals surface area (Å²) in [5, 5.41) is 18.1. The monoisotopic (exact) mass is 292 g/mol. The fraction of sp³-hybridized carbons (Fsp3) is 0.143. The summed E-state index contributed by atoms with van der Waals surface area (Å²) in [5.41, 5.74) is 9.92. The smallest absolute Gasteiger partial charge is 0.197 e. The van der Waals surface area contributed by atoms with E-state index in [0.29, 0.717) is 11.3 Å². The largest absolute Gasteiger partial charge is 0.257 e. The predicted octanol–water partition coefficient (Wildman–Crippen LogP) is 2.51. The topological polar surface area (TPSA) is 116 Å². The number of nitrogens with one attached hydrogen (secondary N) is 1. The van der Waals surface area contributed by atoms with Crippen molar-refractivity contribution in [2.45, 2.75) is 12.5 Å². The third-order valence-corrected chi connectivity index (χ3v) is 3.31. The van der Waals surface area contributed by atoms with Crippen molar-refractivity contribution in [1.29, 1.82) is 0 Å². The maximum absolute atomic E-state index is 9.14. The lowest BCUT2D eigenvalue weighted by Crippen LogP contribution is -2.29. The Bertz CT molecular complexity index is 808. The van der Waals surface area contributed by atoms with Crippen molar-refractivity contribution in [2.75, 3.05) is 0 Å². The van der Waals surface area contributed by atoms with Gasteiger partial charge < -0.3 is 0 Å². The molecule has 1 atom stereocenters. The molecule has 108 valence electrons. The van der Waals surface area contributed by atoms with Crippen molar-refractivity contribution < 1.29 is 0 Å². The molecule has 1 unspecified atom stereocenters. The summed E-state index contributed by atoms with van der Waals surface area (Å²) in [4.78, 5) is 7.52. The van der Waals surface area contributed by atoms with Gasteiger partial charge in [-0.05, 0) is 30.2 Å². The number of aromatic amines is 1. The second kappa shape index (κ2) is 5.63. The van der Waals surface area contributed by atoms with Gasteiger partial charge in [-0.15, -0.1) is 10.2 Å². The number of hydrogen-bond acceptors (Lipinski definition) is 5. The van der Waals surface area contributed by atoms with Gasteiger partial charge in [0, 0.05) is 10.6 Å². The first-order valence-corrected chi connectivity index (χ1v) is 6.57. The second-order valence-electron chi connectivity index (χ2n) is 4.67. The molecule has 8 nitrogen and oxygen atoms in total. The highest BCUT2D eigenvalue weighted by Crippen LogP contribution is 2.37. The van der Waals surface area contributed by atoms with Crippen LogP contribution in [0.5, 0.6) is 0 Å². The molecule has 0 saturated heterocycles. The number of nitrogens with zero attached hydrogens (tertiary/aromatic N) is 7. The van der Waals surface area contributed by atoms with Crippen LogP contribution in [0.15, 0.2) is 53.6 Å². The molecule has 8 heteroatoms. The van der Waals surface area contributed by atoms with Crippen LogP contribution in [0.3, 0.4) is 0 Å². The number of rotatable bonds is 4. The maximum atomic E-state index is 9.14. The van der Waals surface area contributed by atoms with Crippen LogP contribution < -0.4 is 0 Å². The fourth-order valence-electron chi connectivity index (χ4n) is 2.35. The molecule has 1 N–H and O–H groups in total. The maximum Gasteiger partial charge on any atom is 0.197 e. The van der Waals surface area contributed by atoms with E-state index in [-0.39, 0.29) is 5.82 Å². The number of aryl methyl sites for hydroxylation is 1. The number of hydrogen-bond donors (Lipinski definition) is 1. The highest BCUT2D eigenvalue weighted by Gasteiger charge is 2.41. The lowest BCUT2D eigenvalue weighted by molar-refractivity contribution is 0.578. The Kier molecular flexibility index (Phi) is 3.51. The molecule has 1 aromatic carbocycles. The summed E-state index contributed by atoms with van der Waals surface area (Å²) in [6.45, 7) is 1.87. The lowest BCUT2D eigenvalue weighted by atomic mass is 9.86. The third-order valence-electron chi connectivity index (χ3n) is 3.31. The molecule has 22 heavy (non-hydrogen) atoms. The first kappa shape index (κ1) is 13.7. The van der Waals surface area contributed by atoms with Crippen LogP contribution in [0, 0.1) is 6.92 Å². The van der Waals surface area contributed by atoms with Gasteiger partial charge in [0.05, 0.1) is 5.69 Å². The summed E-state index contributed by atoms with van der Waals surface area (Å²) in [7, 11) is 0. The van der Waals surface area contributed by atoms with Crippen molar-refractivity contribution in [2.24, 2.45) is 5.11 Å². The molecule has 3 aromatic rings. The van der Waals surface area contributed by atoms with E-state index < -0.39 is 5.54 Å². The Morgan fingerprint density at radius 1 is 1.14 bits per heavy atom. The van der Waals surface area contributed by atoms with Gasteiger partial charge in [0.15, 0.2) is 11.4 Å². The first-order chi connectivity index (χ1) is 10.8. The molecular weight excluding hydrogens is 280 g/mol. The van der Waals surface area contributed by atoms with Gasteiger partial charge >= 0.3 is 0 Å². The number of benzene rings is 1.